The van der Waals surface area contributed by atoms with E-state index in [-0.39, 0.29) is 0 Å². The Bertz CT molecular complexity index is 241. The summed E-state index contributed by atoms with van der Waals surface area (Å²) >= 11 is 0. The van der Waals surface area contributed by atoms with Gasteiger partial charge >= 0.3 is 0 Å². The molecule has 2 nitrogen and oxygen atoms in total. The summed E-state index contributed by atoms with van der Waals surface area (Å²) < 4.78 is 0. The average Bonchev–Trinajstić information content (AvgIpc) is 1.89. The fraction of sp³-hybridized carbons (Fsp3) is 0.125. The largest absolute Gasteiger partial charge is 0.401 e. The van der Waals surface area contributed by atoms with Crippen molar-refractivity contribution in [3.05, 3.63) is 23.4 Å². The molecular weight excluding hydrogens is 124 g/mol. The zero-order chi connectivity index (χ0) is 7.98. The number of terminal acetylenes is 1. The molecule has 2 N–H and O–H groups in total. The first-order chi connectivity index (χ1) is 4.72. The first-order valence-electron chi connectivity index (χ1n) is 2.71. The van der Waals surface area contributed by atoms with Gasteiger partial charge in [0.15, 0.2) is 0 Å². The number of nitrogens with zero attached hydrogens (tertiary/aromatic N) is 1. The van der Waals surface area contributed by atoms with E-state index in [1.54, 1.807) is 6.92 Å². The first kappa shape index (κ1) is 8.33. The SMILES string of the molecule is C#C/C=C\C(C#N)=C(/C)N. The second kappa shape index (κ2) is 4.23. The van der Waals surface area contributed by atoms with Crippen molar-refractivity contribution in [3.8, 4) is 18.4 Å². The van der Waals surface area contributed by atoms with E-state index in [9.17, 15) is 0 Å². The van der Waals surface area contributed by atoms with Crippen LogP contribution in [0, 0.1) is 23.7 Å². The Balaban J connectivity index is 4.48. The third-order valence-electron chi connectivity index (χ3n) is 0.892. The second-order valence-corrected chi connectivity index (χ2v) is 1.71. The van der Waals surface area contributed by atoms with Crippen molar-refractivity contribution in [2.24, 2.45) is 5.73 Å². The van der Waals surface area contributed by atoms with Crippen LogP contribution in [0.4, 0.5) is 0 Å². The van der Waals surface area contributed by atoms with Gasteiger partial charge < -0.3 is 5.73 Å². The number of allylic oxidation sites excluding steroid dienone is 4. The lowest BCUT2D eigenvalue weighted by atomic mass is 10.2. The molecule has 0 fully saturated rings. The molecule has 0 atom stereocenters. The Hall–Kier alpha value is -1.67. The highest BCUT2D eigenvalue weighted by Gasteiger charge is 1.89. The number of hydrogen-bond acceptors (Lipinski definition) is 2. The van der Waals surface area contributed by atoms with E-state index in [1.807, 2.05) is 6.07 Å². The summed E-state index contributed by atoms with van der Waals surface area (Å²) in [6, 6.07) is 1.91. The van der Waals surface area contributed by atoms with E-state index in [0.29, 0.717) is 11.3 Å². The average molecular weight is 132 g/mol. The van der Waals surface area contributed by atoms with Crippen LogP contribution in [-0.2, 0) is 0 Å². The molecule has 0 aliphatic rings. The quantitative estimate of drug-likeness (QED) is 0.328. The molecule has 0 spiro atoms. The molecule has 0 amide bonds. The molecular formula is C8H8N2. The molecule has 0 heterocycles. The molecule has 10 heavy (non-hydrogen) atoms. The zero-order valence-corrected chi connectivity index (χ0v) is 5.76. The fourth-order valence-corrected chi connectivity index (χ4v) is 0.388. The van der Waals surface area contributed by atoms with Crippen LogP contribution in [0.15, 0.2) is 23.4 Å². The molecule has 0 bridgehead atoms. The molecule has 0 radical (unpaired) electrons. The van der Waals surface area contributed by atoms with E-state index in [0.717, 1.165) is 0 Å². The summed E-state index contributed by atoms with van der Waals surface area (Å²) in [5.74, 6) is 2.27. The lowest BCUT2D eigenvalue weighted by Gasteiger charge is -1.89. The number of rotatable bonds is 1. The van der Waals surface area contributed by atoms with Crippen LogP contribution in [0.3, 0.4) is 0 Å². The van der Waals surface area contributed by atoms with Gasteiger partial charge in [-0.2, -0.15) is 5.26 Å². The van der Waals surface area contributed by atoms with Gasteiger partial charge in [-0.3, -0.25) is 0 Å². The van der Waals surface area contributed by atoms with Crippen molar-refractivity contribution < 1.29 is 0 Å². The van der Waals surface area contributed by atoms with Gasteiger partial charge in [-0.15, -0.1) is 6.42 Å². The number of nitriles is 1. The van der Waals surface area contributed by atoms with Crippen molar-refractivity contribution in [3.63, 3.8) is 0 Å². The summed E-state index contributed by atoms with van der Waals surface area (Å²) in [4.78, 5) is 0. The van der Waals surface area contributed by atoms with Gasteiger partial charge in [0.25, 0.3) is 0 Å². The maximum absolute atomic E-state index is 8.42. The molecule has 0 saturated carbocycles. The highest BCUT2D eigenvalue weighted by molar-refractivity contribution is 5.38. The third-order valence-corrected chi connectivity index (χ3v) is 0.892. The highest BCUT2D eigenvalue weighted by atomic mass is 14.6. The Morgan fingerprint density at radius 2 is 2.30 bits per heavy atom. The van der Waals surface area contributed by atoms with Crippen LogP contribution < -0.4 is 5.73 Å². The molecule has 0 saturated heterocycles. The normalized spacial score (nSPS) is 11.9. The van der Waals surface area contributed by atoms with Gasteiger partial charge in [0, 0.05) is 5.70 Å². The van der Waals surface area contributed by atoms with Gasteiger partial charge in [0.1, 0.15) is 6.07 Å². The fourth-order valence-electron chi connectivity index (χ4n) is 0.388. The van der Waals surface area contributed by atoms with Crippen LogP contribution >= 0.6 is 0 Å². The van der Waals surface area contributed by atoms with Crippen molar-refractivity contribution >= 4 is 0 Å². The molecule has 50 valence electrons. The molecule has 0 aromatic rings. The van der Waals surface area contributed by atoms with Crippen molar-refractivity contribution in [2.45, 2.75) is 6.92 Å². The summed E-state index contributed by atoms with van der Waals surface area (Å²) in [7, 11) is 0. The Morgan fingerprint density at radius 1 is 1.70 bits per heavy atom. The molecule has 0 rings (SSSR count). The molecule has 0 aliphatic heterocycles. The van der Waals surface area contributed by atoms with Gasteiger partial charge in [-0.1, -0.05) is 5.92 Å². The van der Waals surface area contributed by atoms with E-state index < -0.39 is 0 Å². The van der Waals surface area contributed by atoms with Gasteiger partial charge in [0.2, 0.25) is 0 Å². The summed E-state index contributed by atoms with van der Waals surface area (Å²) in [5, 5.41) is 8.42. The smallest absolute Gasteiger partial charge is 0.101 e. The summed E-state index contributed by atoms with van der Waals surface area (Å²) in [6.45, 7) is 1.65. The minimum absolute atomic E-state index is 0.415. The Kier molecular flexibility index (Phi) is 3.53. The Labute approximate surface area is 60.6 Å². The Morgan fingerprint density at radius 3 is 2.60 bits per heavy atom. The molecule has 2 heteroatoms. The monoisotopic (exact) mass is 132 g/mol. The number of nitrogens with two attached hydrogens (primary N) is 1. The van der Waals surface area contributed by atoms with Crippen LogP contribution in [-0.4, -0.2) is 0 Å². The van der Waals surface area contributed by atoms with Crippen molar-refractivity contribution in [2.75, 3.05) is 0 Å². The van der Waals surface area contributed by atoms with Gasteiger partial charge in [0.05, 0.1) is 5.57 Å². The van der Waals surface area contributed by atoms with Crippen molar-refractivity contribution in [1.82, 2.24) is 0 Å². The van der Waals surface area contributed by atoms with E-state index in [1.165, 1.54) is 12.2 Å². The maximum atomic E-state index is 8.42. The third kappa shape index (κ3) is 2.59. The predicted molar refractivity (Wildman–Crippen MR) is 40.5 cm³/mol. The molecule has 0 aliphatic carbocycles. The zero-order valence-electron chi connectivity index (χ0n) is 5.76. The minimum Gasteiger partial charge on any atom is -0.401 e. The lowest BCUT2D eigenvalue weighted by molar-refractivity contribution is 1.27. The topological polar surface area (TPSA) is 49.8 Å². The summed E-state index contributed by atoms with van der Waals surface area (Å²) in [6.07, 6.45) is 7.87. The van der Waals surface area contributed by atoms with E-state index in [2.05, 4.69) is 5.92 Å². The lowest BCUT2D eigenvalue weighted by Crippen LogP contribution is -1.94. The van der Waals surface area contributed by atoms with Gasteiger partial charge in [-0.05, 0) is 19.1 Å². The van der Waals surface area contributed by atoms with E-state index >= 15 is 0 Å². The van der Waals surface area contributed by atoms with Crippen LogP contribution in [0.5, 0.6) is 0 Å². The standard InChI is InChI=1S/C8H8N2/c1-3-4-5-8(6-9)7(2)10/h1,4-5H,10H2,2H3/b5-4-,8-7-. The van der Waals surface area contributed by atoms with Crippen molar-refractivity contribution in [1.29, 1.82) is 5.26 Å². The predicted octanol–water partition coefficient (Wildman–Crippen LogP) is 0.932. The second-order valence-electron chi connectivity index (χ2n) is 1.71. The molecule has 0 unspecified atom stereocenters. The maximum Gasteiger partial charge on any atom is 0.101 e. The van der Waals surface area contributed by atoms with Crippen LogP contribution in [0.1, 0.15) is 6.92 Å². The molecule has 0 aromatic carbocycles. The van der Waals surface area contributed by atoms with Gasteiger partial charge in [-0.25, -0.2) is 0 Å². The summed E-state index contributed by atoms with van der Waals surface area (Å²) in [5.41, 5.74) is 6.22. The van der Waals surface area contributed by atoms with E-state index in [4.69, 9.17) is 17.4 Å². The molecule has 0 aromatic heterocycles. The number of hydrogen-bond donors (Lipinski definition) is 1. The minimum atomic E-state index is 0.415. The first-order valence-corrected chi connectivity index (χ1v) is 2.71. The highest BCUT2D eigenvalue weighted by Crippen LogP contribution is 1.97. The van der Waals surface area contributed by atoms with Crippen LogP contribution in [0.2, 0.25) is 0 Å². The van der Waals surface area contributed by atoms with Crippen LogP contribution in [0.25, 0.3) is 0 Å².